The highest BCUT2D eigenvalue weighted by atomic mass is 15.3. The zero-order chi connectivity index (χ0) is 18.6. The van der Waals surface area contributed by atoms with E-state index in [0.717, 1.165) is 37.8 Å². The van der Waals surface area contributed by atoms with Gasteiger partial charge in [0.2, 0.25) is 0 Å². The molecule has 0 bridgehead atoms. The molecule has 1 saturated heterocycles. The van der Waals surface area contributed by atoms with Crippen molar-refractivity contribution in [2.24, 2.45) is 0 Å². The molecule has 1 aliphatic heterocycles. The number of nitrogens with zero attached hydrogens (tertiary/aromatic N) is 4. The molecule has 0 unspecified atom stereocenters. The topological polar surface area (TPSA) is 44.3 Å². The zero-order valence-corrected chi connectivity index (χ0v) is 16.6. The van der Waals surface area contributed by atoms with Gasteiger partial charge in [-0.3, -0.25) is 0 Å². The predicted molar refractivity (Wildman–Crippen MR) is 113 cm³/mol. The molecule has 1 aromatic heterocycles. The van der Waals surface area contributed by atoms with Gasteiger partial charge in [-0.25, -0.2) is 9.97 Å². The van der Waals surface area contributed by atoms with Crippen molar-refractivity contribution in [2.75, 3.05) is 41.3 Å². The third-order valence-electron chi connectivity index (χ3n) is 6.13. The molecule has 1 saturated carbocycles. The molecular weight excluding hydrogens is 334 g/mol. The van der Waals surface area contributed by atoms with E-state index in [-0.39, 0.29) is 0 Å². The summed E-state index contributed by atoms with van der Waals surface area (Å²) in [6, 6.07) is 9.30. The number of hydrogen-bond donors (Lipinski definition) is 1. The van der Waals surface area contributed by atoms with Crippen molar-refractivity contribution in [3.05, 3.63) is 41.7 Å². The molecular formula is C22H31N5. The average Bonchev–Trinajstić information content (AvgIpc) is 2.71. The highest BCUT2D eigenvalue weighted by molar-refractivity contribution is 5.57. The fourth-order valence-corrected chi connectivity index (χ4v) is 4.31. The van der Waals surface area contributed by atoms with E-state index in [1.54, 1.807) is 6.33 Å². The monoisotopic (exact) mass is 365 g/mol. The van der Waals surface area contributed by atoms with Crippen LogP contribution in [0.15, 0.2) is 30.6 Å². The van der Waals surface area contributed by atoms with Crippen molar-refractivity contribution in [3.8, 4) is 0 Å². The Labute approximate surface area is 162 Å². The van der Waals surface area contributed by atoms with Crippen LogP contribution in [0, 0.1) is 13.8 Å². The first-order valence-corrected chi connectivity index (χ1v) is 10.4. The van der Waals surface area contributed by atoms with E-state index in [0.29, 0.717) is 6.04 Å². The lowest BCUT2D eigenvalue weighted by molar-refractivity contribution is 0.462. The minimum atomic E-state index is 0.572. The molecule has 1 aromatic carbocycles. The molecule has 0 spiro atoms. The molecule has 2 heterocycles. The molecule has 5 heteroatoms. The maximum atomic E-state index is 4.54. The quantitative estimate of drug-likeness (QED) is 0.881. The second-order valence-electron chi connectivity index (χ2n) is 7.93. The Hall–Kier alpha value is -2.30. The van der Waals surface area contributed by atoms with Gasteiger partial charge in [-0.2, -0.15) is 0 Å². The third kappa shape index (κ3) is 4.18. The molecule has 1 aliphatic carbocycles. The fraction of sp³-hybridized carbons (Fsp3) is 0.545. The Balaban J connectivity index is 1.39. The van der Waals surface area contributed by atoms with Crippen LogP contribution in [0.25, 0.3) is 0 Å². The van der Waals surface area contributed by atoms with E-state index in [2.05, 4.69) is 63.2 Å². The van der Waals surface area contributed by atoms with Crippen LogP contribution in [0.1, 0.15) is 43.2 Å². The van der Waals surface area contributed by atoms with Gasteiger partial charge in [0.15, 0.2) is 0 Å². The van der Waals surface area contributed by atoms with Crippen molar-refractivity contribution in [2.45, 2.75) is 52.0 Å². The van der Waals surface area contributed by atoms with Crippen LogP contribution < -0.4 is 15.1 Å². The first kappa shape index (κ1) is 18.1. The number of hydrogen-bond acceptors (Lipinski definition) is 5. The van der Waals surface area contributed by atoms with Crippen molar-refractivity contribution < 1.29 is 0 Å². The van der Waals surface area contributed by atoms with Gasteiger partial charge in [0.05, 0.1) is 0 Å². The van der Waals surface area contributed by atoms with Crippen molar-refractivity contribution >= 4 is 17.3 Å². The summed E-state index contributed by atoms with van der Waals surface area (Å²) in [5, 5.41) is 3.62. The van der Waals surface area contributed by atoms with Gasteiger partial charge in [-0.1, -0.05) is 31.4 Å². The van der Waals surface area contributed by atoms with E-state index >= 15 is 0 Å². The van der Waals surface area contributed by atoms with E-state index in [1.807, 2.05) is 0 Å². The Morgan fingerprint density at radius 1 is 0.926 bits per heavy atom. The zero-order valence-electron chi connectivity index (χ0n) is 16.6. The van der Waals surface area contributed by atoms with Crippen LogP contribution in [0.3, 0.4) is 0 Å². The lowest BCUT2D eigenvalue weighted by Crippen LogP contribution is -2.47. The summed E-state index contributed by atoms with van der Waals surface area (Å²) in [4.78, 5) is 13.9. The Kier molecular flexibility index (Phi) is 5.46. The van der Waals surface area contributed by atoms with Crippen molar-refractivity contribution in [1.82, 2.24) is 9.97 Å². The molecule has 144 valence electrons. The lowest BCUT2D eigenvalue weighted by Gasteiger charge is -2.37. The van der Waals surface area contributed by atoms with E-state index in [9.17, 15) is 0 Å². The molecule has 1 N–H and O–H groups in total. The predicted octanol–water partition coefficient (Wildman–Crippen LogP) is 4.16. The van der Waals surface area contributed by atoms with Crippen LogP contribution in [-0.4, -0.2) is 42.2 Å². The van der Waals surface area contributed by atoms with Crippen LogP contribution >= 0.6 is 0 Å². The third-order valence-corrected chi connectivity index (χ3v) is 6.13. The normalized spacial score (nSPS) is 18.6. The van der Waals surface area contributed by atoms with E-state index < -0.39 is 0 Å². The summed E-state index contributed by atoms with van der Waals surface area (Å²) in [5.74, 6) is 2.02. The summed E-state index contributed by atoms with van der Waals surface area (Å²) >= 11 is 0. The number of piperazine rings is 1. The summed E-state index contributed by atoms with van der Waals surface area (Å²) < 4.78 is 0. The number of anilines is 3. The summed E-state index contributed by atoms with van der Waals surface area (Å²) in [7, 11) is 0. The van der Waals surface area contributed by atoms with Gasteiger partial charge in [-0.05, 0) is 43.9 Å². The van der Waals surface area contributed by atoms with E-state index in [1.165, 1.54) is 48.9 Å². The van der Waals surface area contributed by atoms with Gasteiger partial charge in [0.1, 0.15) is 18.0 Å². The average molecular weight is 366 g/mol. The largest absolute Gasteiger partial charge is 0.368 e. The van der Waals surface area contributed by atoms with Gasteiger partial charge in [-0.15, -0.1) is 0 Å². The van der Waals surface area contributed by atoms with Gasteiger partial charge in [0.25, 0.3) is 0 Å². The van der Waals surface area contributed by atoms with Gasteiger partial charge < -0.3 is 15.1 Å². The van der Waals surface area contributed by atoms with E-state index in [4.69, 9.17) is 0 Å². The molecule has 2 aromatic rings. The number of benzene rings is 1. The minimum Gasteiger partial charge on any atom is -0.368 e. The summed E-state index contributed by atoms with van der Waals surface area (Å²) in [5.41, 5.74) is 4.13. The highest BCUT2D eigenvalue weighted by Crippen LogP contribution is 2.26. The van der Waals surface area contributed by atoms with Crippen molar-refractivity contribution in [3.63, 3.8) is 0 Å². The standard InChI is InChI=1S/C22H31N5/c1-17-7-6-10-20(18(17)2)26-11-13-27(14-12-26)22-15-21(23-16-24-22)25-19-8-4-3-5-9-19/h6-7,10,15-16,19H,3-5,8-9,11-14H2,1-2H3,(H,23,24,25). The maximum Gasteiger partial charge on any atom is 0.134 e. The van der Waals surface area contributed by atoms with Gasteiger partial charge in [0, 0.05) is 44.0 Å². The fourth-order valence-electron chi connectivity index (χ4n) is 4.31. The number of rotatable bonds is 4. The smallest absolute Gasteiger partial charge is 0.134 e. The summed E-state index contributed by atoms with van der Waals surface area (Å²) in [6.45, 7) is 8.46. The highest BCUT2D eigenvalue weighted by Gasteiger charge is 2.21. The molecule has 0 amide bonds. The minimum absolute atomic E-state index is 0.572. The van der Waals surface area contributed by atoms with Gasteiger partial charge >= 0.3 is 0 Å². The molecule has 27 heavy (non-hydrogen) atoms. The van der Waals surface area contributed by atoms with Crippen molar-refractivity contribution in [1.29, 1.82) is 0 Å². The maximum absolute atomic E-state index is 4.54. The number of nitrogens with one attached hydrogen (secondary N) is 1. The Bertz CT molecular complexity index is 761. The molecule has 2 fully saturated rings. The number of aryl methyl sites for hydroxylation is 1. The molecule has 0 radical (unpaired) electrons. The first-order chi connectivity index (χ1) is 13.2. The lowest BCUT2D eigenvalue weighted by atomic mass is 9.95. The van der Waals surface area contributed by atoms with Crippen LogP contribution in [0.5, 0.6) is 0 Å². The molecule has 2 aliphatic rings. The second-order valence-corrected chi connectivity index (χ2v) is 7.93. The number of aromatic nitrogens is 2. The second kappa shape index (κ2) is 8.15. The Morgan fingerprint density at radius 3 is 2.44 bits per heavy atom. The van der Waals surface area contributed by atoms with Crippen LogP contribution in [0.2, 0.25) is 0 Å². The Morgan fingerprint density at radius 2 is 1.67 bits per heavy atom. The molecule has 5 nitrogen and oxygen atoms in total. The SMILES string of the molecule is Cc1cccc(N2CCN(c3cc(NC4CCCCC4)ncn3)CC2)c1C. The van der Waals surface area contributed by atoms with Crippen LogP contribution in [-0.2, 0) is 0 Å². The van der Waals surface area contributed by atoms with Crippen LogP contribution in [0.4, 0.5) is 17.3 Å². The first-order valence-electron chi connectivity index (χ1n) is 10.4. The molecule has 0 atom stereocenters. The molecule has 4 rings (SSSR count). The summed E-state index contributed by atoms with van der Waals surface area (Å²) in [6.07, 6.45) is 8.25.